The molecule has 15 heavy (non-hydrogen) atoms. The Bertz CT molecular complexity index is 258. The Kier molecular flexibility index (Phi) is 3.86. The maximum absolute atomic E-state index is 12.1. The van der Waals surface area contributed by atoms with E-state index in [1.165, 1.54) is 0 Å². The molecule has 2 nitrogen and oxygen atoms in total. The first-order valence-electron chi connectivity index (χ1n) is 5.50. The van der Waals surface area contributed by atoms with Crippen LogP contribution in [-0.2, 0) is 4.79 Å². The first kappa shape index (κ1) is 12.2. The lowest BCUT2D eigenvalue weighted by atomic mass is 9.64. The lowest BCUT2D eigenvalue weighted by Gasteiger charge is -2.41. The van der Waals surface area contributed by atoms with Gasteiger partial charge in [0.2, 0.25) is 0 Å². The minimum Gasteiger partial charge on any atom is -0.392 e. The summed E-state index contributed by atoms with van der Waals surface area (Å²) >= 11 is 0. The van der Waals surface area contributed by atoms with Crippen molar-refractivity contribution in [3.05, 3.63) is 25.3 Å². The van der Waals surface area contributed by atoms with E-state index in [4.69, 9.17) is 0 Å². The summed E-state index contributed by atoms with van der Waals surface area (Å²) in [7, 11) is 0. The second-order valence-corrected chi connectivity index (χ2v) is 4.63. The first-order valence-corrected chi connectivity index (χ1v) is 5.50. The number of Topliss-reactive ketones (excluding diaryl/α,β-unsaturated/α-hetero) is 1. The number of hydrogen-bond acceptors (Lipinski definition) is 2. The fourth-order valence-electron chi connectivity index (χ4n) is 2.49. The van der Waals surface area contributed by atoms with E-state index in [0.717, 1.165) is 0 Å². The lowest BCUT2D eigenvalue weighted by molar-refractivity contribution is -0.142. The zero-order chi connectivity index (χ0) is 11.5. The summed E-state index contributed by atoms with van der Waals surface area (Å²) < 4.78 is 0. The molecule has 2 heteroatoms. The van der Waals surface area contributed by atoms with E-state index in [1.54, 1.807) is 12.2 Å². The quantitative estimate of drug-likeness (QED) is 0.721. The number of aliphatic hydroxyl groups excluding tert-OH is 1. The number of hydrogen-bond donors (Lipinski definition) is 1. The van der Waals surface area contributed by atoms with Crippen LogP contribution in [0.3, 0.4) is 0 Å². The summed E-state index contributed by atoms with van der Waals surface area (Å²) in [4.78, 5) is 12.1. The molecule has 0 radical (unpaired) electrons. The van der Waals surface area contributed by atoms with Crippen LogP contribution in [0.15, 0.2) is 25.3 Å². The Morgan fingerprint density at radius 2 is 2.00 bits per heavy atom. The third kappa shape index (κ3) is 2.20. The van der Waals surface area contributed by atoms with Crippen LogP contribution >= 0.6 is 0 Å². The highest BCUT2D eigenvalue weighted by Gasteiger charge is 2.46. The predicted octanol–water partition coefficient (Wildman–Crippen LogP) is 2.48. The monoisotopic (exact) mass is 208 g/mol. The standard InChI is InChI=1S/C13H20O2/c1-4-6-13(7-5-2)11(14)8-10(3)9-12(13)15/h4-5,10-11,14H,1-2,6-9H2,3H3/t10-,11?/m1/s1. The van der Waals surface area contributed by atoms with Gasteiger partial charge in [0.25, 0.3) is 0 Å². The zero-order valence-electron chi connectivity index (χ0n) is 9.41. The van der Waals surface area contributed by atoms with Gasteiger partial charge in [-0.25, -0.2) is 0 Å². The second-order valence-electron chi connectivity index (χ2n) is 4.63. The van der Waals surface area contributed by atoms with E-state index in [-0.39, 0.29) is 11.7 Å². The fraction of sp³-hybridized carbons (Fsp3) is 0.615. The molecular formula is C13H20O2. The van der Waals surface area contributed by atoms with Gasteiger partial charge in [-0.1, -0.05) is 19.1 Å². The van der Waals surface area contributed by atoms with E-state index in [9.17, 15) is 9.90 Å². The van der Waals surface area contributed by atoms with Crippen LogP contribution in [0.5, 0.6) is 0 Å². The minimum atomic E-state index is -0.643. The van der Waals surface area contributed by atoms with Crippen molar-refractivity contribution in [2.24, 2.45) is 11.3 Å². The molecule has 1 saturated carbocycles. The van der Waals surface area contributed by atoms with Crippen molar-refractivity contribution in [1.29, 1.82) is 0 Å². The maximum Gasteiger partial charge on any atom is 0.142 e. The minimum absolute atomic E-state index is 0.161. The van der Waals surface area contributed by atoms with Crippen LogP contribution in [0.1, 0.15) is 32.6 Å². The highest BCUT2D eigenvalue weighted by molar-refractivity contribution is 5.87. The Morgan fingerprint density at radius 1 is 1.47 bits per heavy atom. The Hall–Kier alpha value is -0.890. The molecule has 0 aromatic rings. The summed E-state index contributed by atoms with van der Waals surface area (Å²) in [6.45, 7) is 9.35. The van der Waals surface area contributed by atoms with Gasteiger partial charge in [0.1, 0.15) is 5.78 Å². The third-order valence-electron chi connectivity index (χ3n) is 3.37. The molecule has 0 heterocycles. The summed E-state index contributed by atoms with van der Waals surface area (Å²) in [5.41, 5.74) is -0.643. The Balaban J connectivity index is 2.96. The van der Waals surface area contributed by atoms with Gasteiger partial charge in [0.05, 0.1) is 11.5 Å². The molecule has 2 atom stereocenters. The molecule has 1 unspecified atom stereocenters. The van der Waals surface area contributed by atoms with Crippen LogP contribution in [0, 0.1) is 11.3 Å². The average Bonchev–Trinajstić information content (AvgIpc) is 2.14. The molecule has 0 bridgehead atoms. The van der Waals surface area contributed by atoms with Crippen LogP contribution < -0.4 is 0 Å². The van der Waals surface area contributed by atoms with Gasteiger partial charge in [-0.3, -0.25) is 4.79 Å². The summed E-state index contributed by atoms with van der Waals surface area (Å²) in [6.07, 6.45) is 5.26. The smallest absolute Gasteiger partial charge is 0.142 e. The zero-order valence-corrected chi connectivity index (χ0v) is 9.41. The van der Waals surface area contributed by atoms with Crippen LogP contribution in [0.4, 0.5) is 0 Å². The van der Waals surface area contributed by atoms with E-state index in [0.29, 0.717) is 25.7 Å². The van der Waals surface area contributed by atoms with Gasteiger partial charge in [-0.2, -0.15) is 0 Å². The van der Waals surface area contributed by atoms with E-state index in [1.807, 2.05) is 6.92 Å². The van der Waals surface area contributed by atoms with Crippen molar-refractivity contribution in [3.8, 4) is 0 Å². The molecular weight excluding hydrogens is 188 g/mol. The van der Waals surface area contributed by atoms with E-state index >= 15 is 0 Å². The number of allylic oxidation sites excluding steroid dienone is 2. The number of aliphatic hydroxyl groups is 1. The van der Waals surface area contributed by atoms with Gasteiger partial charge < -0.3 is 5.11 Å². The summed E-state index contributed by atoms with van der Waals surface area (Å²) in [5, 5.41) is 10.1. The van der Waals surface area contributed by atoms with Crippen molar-refractivity contribution < 1.29 is 9.90 Å². The number of carbonyl (C=O) groups is 1. The summed E-state index contributed by atoms with van der Waals surface area (Å²) in [6, 6.07) is 0. The molecule has 0 aromatic carbocycles. The van der Waals surface area contributed by atoms with Crippen molar-refractivity contribution in [1.82, 2.24) is 0 Å². The van der Waals surface area contributed by atoms with Crippen LogP contribution in [-0.4, -0.2) is 17.0 Å². The second kappa shape index (κ2) is 4.75. The highest BCUT2D eigenvalue weighted by atomic mass is 16.3. The largest absolute Gasteiger partial charge is 0.392 e. The van der Waals surface area contributed by atoms with Crippen molar-refractivity contribution in [2.45, 2.75) is 38.7 Å². The van der Waals surface area contributed by atoms with Gasteiger partial charge in [0, 0.05) is 6.42 Å². The van der Waals surface area contributed by atoms with Gasteiger partial charge in [-0.05, 0) is 25.2 Å². The molecule has 0 aromatic heterocycles. The molecule has 84 valence electrons. The fourth-order valence-corrected chi connectivity index (χ4v) is 2.49. The molecule has 1 fully saturated rings. The first-order chi connectivity index (χ1) is 7.06. The lowest BCUT2D eigenvalue weighted by Crippen LogP contribution is -2.47. The van der Waals surface area contributed by atoms with Gasteiger partial charge >= 0.3 is 0 Å². The average molecular weight is 208 g/mol. The molecule has 1 N–H and O–H groups in total. The van der Waals surface area contributed by atoms with Crippen LogP contribution in [0.2, 0.25) is 0 Å². The Morgan fingerprint density at radius 3 is 2.40 bits per heavy atom. The topological polar surface area (TPSA) is 37.3 Å². The van der Waals surface area contributed by atoms with E-state index in [2.05, 4.69) is 13.2 Å². The van der Waals surface area contributed by atoms with Gasteiger partial charge in [0.15, 0.2) is 0 Å². The maximum atomic E-state index is 12.1. The summed E-state index contributed by atoms with van der Waals surface area (Å²) in [5.74, 6) is 0.448. The molecule has 0 saturated heterocycles. The predicted molar refractivity (Wildman–Crippen MR) is 61.5 cm³/mol. The molecule has 1 aliphatic carbocycles. The van der Waals surface area contributed by atoms with Crippen molar-refractivity contribution in [3.63, 3.8) is 0 Å². The van der Waals surface area contributed by atoms with Crippen molar-refractivity contribution >= 4 is 5.78 Å². The highest BCUT2D eigenvalue weighted by Crippen LogP contribution is 2.42. The number of rotatable bonds is 4. The normalized spacial score (nSPS) is 29.9. The number of carbonyl (C=O) groups excluding carboxylic acids is 1. The number of ketones is 1. The Labute approximate surface area is 91.7 Å². The molecule has 0 amide bonds. The molecule has 1 aliphatic rings. The third-order valence-corrected chi connectivity index (χ3v) is 3.37. The molecule has 1 rings (SSSR count). The van der Waals surface area contributed by atoms with Crippen LogP contribution in [0.25, 0.3) is 0 Å². The molecule has 0 aliphatic heterocycles. The van der Waals surface area contributed by atoms with Gasteiger partial charge in [-0.15, -0.1) is 13.2 Å². The SMILES string of the molecule is C=CCC1(CC=C)C(=O)C[C@H](C)CC1O. The van der Waals surface area contributed by atoms with Crippen molar-refractivity contribution in [2.75, 3.05) is 0 Å². The molecule has 0 spiro atoms. The van der Waals surface area contributed by atoms with E-state index < -0.39 is 11.5 Å².